The molecule has 0 amide bonds. The predicted octanol–water partition coefficient (Wildman–Crippen LogP) is 2.40. The van der Waals surface area contributed by atoms with Gasteiger partial charge < -0.3 is 9.99 Å². The molecule has 0 spiro atoms. The number of nitro groups is 1. The third kappa shape index (κ3) is 3.42. The molecular formula is C11H13NO6. The van der Waals surface area contributed by atoms with Crippen LogP contribution < -0.4 is 4.89 Å². The summed E-state index contributed by atoms with van der Waals surface area (Å²) < 4.78 is 0. The van der Waals surface area contributed by atoms with Crippen LogP contribution in [-0.2, 0) is 4.89 Å². The van der Waals surface area contributed by atoms with Crippen molar-refractivity contribution in [1.29, 1.82) is 0 Å². The van der Waals surface area contributed by atoms with Gasteiger partial charge in [-0.05, 0) is 32.9 Å². The molecule has 7 heteroatoms. The van der Waals surface area contributed by atoms with E-state index in [9.17, 15) is 14.9 Å². The van der Waals surface area contributed by atoms with Gasteiger partial charge >= 0.3 is 11.7 Å². The van der Waals surface area contributed by atoms with Crippen LogP contribution in [0.5, 0.6) is 5.75 Å². The molecular weight excluding hydrogens is 242 g/mol. The number of hydrogen-bond donors (Lipinski definition) is 1. The molecule has 1 aromatic rings. The van der Waals surface area contributed by atoms with E-state index in [-0.39, 0.29) is 5.75 Å². The summed E-state index contributed by atoms with van der Waals surface area (Å²) >= 11 is 0. The average molecular weight is 255 g/mol. The van der Waals surface area contributed by atoms with E-state index in [4.69, 9.17) is 14.9 Å². The first-order chi connectivity index (χ1) is 8.22. The molecule has 7 nitrogen and oxygen atoms in total. The van der Waals surface area contributed by atoms with Gasteiger partial charge in [0.15, 0.2) is 0 Å². The molecule has 0 heterocycles. The summed E-state index contributed by atoms with van der Waals surface area (Å²) in [7, 11) is 0. The smallest absolute Gasteiger partial charge is 0.342 e. The van der Waals surface area contributed by atoms with E-state index in [0.29, 0.717) is 0 Å². The van der Waals surface area contributed by atoms with Crippen molar-refractivity contribution in [3.8, 4) is 5.75 Å². The molecule has 0 aliphatic rings. The van der Waals surface area contributed by atoms with Crippen LogP contribution in [0.4, 0.5) is 5.69 Å². The highest BCUT2D eigenvalue weighted by atomic mass is 17.2. The van der Waals surface area contributed by atoms with E-state index in [0.717, 1.165) is 6.07 Å². The Morgan fingerprint density at radius 3 is 2.44 bits per heavy atom. The van der Waals surface area contributed by atoms with Crippen molar-refractivity contribution in [3.05, 3.63) is 33.9 Å². The Bertz CT molecular complexity index is 477. The molecule has 0 saturated heterocycles. The molecule has 0 aliphatic heterocycles. The van der Waals surface area contributed by atoms with Gasteiger partial charge in [-0.2, -0.15) is 4.89 Å². The van der Waals surface area contributed by atoms with Crippen molar-refractivity contribution < 1.29 is 24.6 Å². The van der Waals surface area contributed by atoms with Crippen LogP contribution >= 0.6 is 0 Å². The molecule has 98 valence electrons. The molecule has 1 N–H and O–H groups in total. The average Bonchev–Trinajstić information content (AvgIpc) is 2.24. The number of carboxylic acids is 1. The van der Waals surface area contributed by atoms with Crippen LogP contribution in [0, 0.1) is 10.1 Å². The minimum absolute atomic E-state index is 0.241. The van der Waals surface area contributed by atoms with Crippen LogP contribution in [0.1, 0.15) is 31.1 Å². The quantitative estimate of drug-likeness (QED) is 0.503. The van der Waals surface area contributed by atoms with Crippen LogP contribution in [-0.4, -0.2) is 21.6 Å². The summed E-state index contributed by atoms with van der Waals surface area (Å²) in [5.41, 5.74) is -1.75. The molecule has 0 aliphatic carbocycles. The predicted molar refractivity (Wildman–Crippen MR) is 61.5 cm³/mol. The fraction of sp³-hybridized carbons (Fsp3) is 0.364. The number of hydrogen-bond acceptors (Lipinski definition) is 5. The zero-order valence-electron chi connectivity index (χ0n) is 10.2. The number of carbonyl (C=O) groups is 1. The SMILES string of the molecule is CC(C)(C)OOc1cccc(C(=O)O)c1[N+](=O)[O-]. The number of para-hydroxylation sites is 1. The molecule has 0 bridgehead atoms. The minimum atomic E-state index is -1.40. The van der Waals surface area contributed by atoms with Gasteiger partial charge in [-0.1, -0.05) is 6.07 Å². The Hall–Kier alpha value is -2.15. The Morgan fingerprint density at radius 1 is 1.39 bits per heavy atom. The first-order valence-electron chi connectivity index (χ1n) is 5.09. The first-order valence-corrected chi connectivity index (χ1v) is 5.09. The van der Waals surface area contributed by atoms with Crippen LogP contribution in [0.3, 0.4) is 0 Å². The highest BCUT2D eigenvalue weighted by Crippen LogP contribution is 2.31. The summed E-state index contributed by atoms with van der Waals surface area (Å²) in [5.74, 6) is -1.64. The van der Waals surface area contributed by atoms with Gasteiger partial charge in [0.2, 0.25) is 5.75 Å². The highest BCUT2D eigenvalue weighted by molar-refractivity contribution is 5.93. The summed E-state index contributed by atoms with van der Waals surface area (Å²) in [5, 5.41) is 19.7. The molecule has 0 aromatic heterocycles. The lowest BCUT2D eigenvalue weighted by Crippen LogP contribution is -2.21. The lowest BCUT2D eigenvalue weighted by atomic mass is 10.1. The maximum absolute atomic E-state index is 10.9. The largest absolute Gasteiger partial charge is 0.477 e. The summed E-state index contributed by atoms with van der Waals surface area (Å²) in [6.45, 7) is 5.08. The van der Waals surface area contributed by atoms with Gasteiger partial charge in [-0.25, -0.2) is 4.79 Å². The summed E-state index contributed by atoms with van der Waals surface area (Å²) in [6.07, 6.45) is 0. The number of carboxylic acid groups (broad SMARTS) is 1. The second-order valence-corrected chi connectivity index (χ2v) is 4.49. The Labute approximate surface area is 103 Å². The third-order valence-corrected chi connectivity index (χ3v) is 1.79. The van der Waals surface area contributed by atoms with Crippen molar-refractivity contribution in [2.24, 2.45) is 0 Å². The zero-order chi connectivity index (χ0) is 13.9. The van der Waals surface area contributed by atoms with Crippen LogP contribution in [0.25, 0.3) is 0 Å². The maximum atomic E-state index is 10.9. The van der Waals surface area contributed by atoms with Gasteiger partial charge in [0.25, 0.3) is 0 Å². The second kappa shape index (κ2) is 5.01. The van der Waals surface area contributed by atoms with E-state index in [1.54, 1.807) is 20.8 Å². The topological polar surface area (TPSA) is 98.9 Å². The normalized spacial score (nSPS) is 11.1. The minimum Gasteiger partial charge on any atom is -0.477 e. The van der Waals surface area contributed by atoms with Crippen molar-refractivity contribution in [2.75, 3.05) is 0 Å². The Balaban J connectivity index is 3.15. The van der Waals surface area contributed by atoms with Gasteiger partial charge in [-0.15, -0.1) is 0 Å². The van der Waals surface area contributed by atoms with Crippen LogP contribution in [0.15, 0.2) is 18.2 Å². The fourth-order valence-corrected chi connectivity index (χ4v) is 1.12. The van der Waals surface area contributed by atoms with E-state index in [1.165, 1.54) is 12.1 Å². The zero-order valence-corrected chi connectivity index (χ0v) is 10.2. The molecule has 1 rings (SSSR count). The van der Waals surface area contributed by atoms with Gasteiger partial charge in [0.05, 0.1) is 4.92 Å². The monoisotopic (exact) mass is 255 g/mol. The van der Waals surface area contributed by atoms with Crippen molar-refractivity contribution in [3.63, 3.8) is 0 Å². The molecule has 0 saturated carbocycles. The van der Waals surface area contributed by atoms with E-state index in [1.807, 2.05) is 0 Å². The summed E-state index contributed by atoms with van der Waals surface area (Å²) in [4.78, 5) is 30.7. The van der Waals surface area contributed by atoms with Gasteiger partial charge in [-0.3, -0.25) is 10.1 Å². The number of nitro benzene ring substituents is 1. The first kappa shape index (κ1) is 13.9. The Kier molecular flexibility index (Phi) is 3.87. The number of rotatable bonds is 4. The van der Waals surface area contributed by atoms with Crippen LogP contribution in [0.2, 0.25) is 0 Å². The van der Waals surface area contributed by atoms with Gasteiger partial charge in [0.1, 0.15) is 11.2 Å². The molecule has 0 radical (unpaired) electrons. The van der Waals surface area contributed by atoms with Crippen molar-refractivity contribution in [1.82, 2.24) is 0 Å². The van der Waals surface area contributed by atoms with E-state index >= 15 is 0 Å². The second-order valence-electron chi connectivity index (χ2n) is 4.49. The number of aromatic carboxylic acids is 1. The maximum Gasteiger partial charge on any atom is 0.342 e. The lowest BCUT2D eigenvalue weighted by molar-refractivity contribution is -0.390. The lowest BCUT2D eigenvalue weighted by Gasteiger charge is -2.17. The molecule has 18 heavy (non-hydrogen) atoms. The number of benzene rings is 1. The fourth-order valence-electron chi connectivity index (χ4n) is 1.12. The molecule has 0 atom stereocenters. The van der Waals surface area contributed by atoms with Crippen molar-refractivity contribution in [2.45, 2.75) is 26.4 Å². The summed E-state index contributed by atoms with van der Waals surface area (Å²) in [6, 6.07) is 3.75. The third-order valence-electron chi connectivity index (χ3n) is 1.79. The molecule has 0 fully saturated rings. The molecule has 1 aromatic carbocycles. The number of nitrogens with zero attached hydrogens (tertiary/aromatic N) is 1. The Morgan fingerprint density at radius 2 is 2.00 bits per heavy atom. The van der Waals surface area contributed by atoms with Crippen molar-refractivity contribution >= 4 is 11.7 Å². The molecule has 0 unspecified atom stereocenters. The van der Waals surface area contributed by atoms with E-state index < -0.39 is 27.7 Å². The van der Waals surface area contributed by atoms with E-state index in [2.05, 4.69) is 0 Å². The highest BCUT2D eigenvalue weighted by Gasteiger charge is 2.27. The standard InChI is InChI=1S/C11H13NO6/c1-11(2,3)18-17-8-6-4-5-7(10(13)14)9(8)12(15)16/h4-6H,1-3H3,(H,13,14). The van der Waals surface area contributed by atoms with Gasteiger partial charge in [0, 0.05) is 0 Å².